The van der Waals surface area contributed by atoms with Gasteiger partial charge in [0.25, 0.3) is 0 Å². The molecule has 4 heteroatoms. The van der Waals surface area contributed by atoms with E-state index in [-0.39, 0.29) is 6.54 Å². The molecular formula is C15H30N2O2. The zero-order valence-corrected chi connectivity index (χ0v) is 12.4. The van der Waals surface area contributed by atoms with E-state index in [9.17, 15) is 4.79 Å². The van der Waals surface area contributed by atoms with Crippen LogP contribution in [0.3, 0.4) is 0 Å². The van der Waals surface area contributed by atoms with Crippen LogP contribution in [0.15, 0.2) is 0 Å². The topological polar surface area (TPSA) is 52.6 Å². The Morgan fingerprint density at radius 3 is 2.84 bits per heavy atom. The average molecular weight is 270 g/mol. The number of hydrogen-bond acceptors (Lipinski definition) is 3. The van der Waals surface area contributed by atoms with Gasteiger partial charge in [0.1, 0.15) is 0 Å². The molecule has 1 heterocycles. The van der Waals surface area contributed by atoms with Crippen molar-refractivity contribution in [2.24, 2.45) is 5.92 Å². The number of carboxylic acids is 1. The lowest BCUT2D eigenvalue weighted by molar-refractivity contribution is -0.136. The van der Waals surface area contributed by atoms with Crippen LogP contribution in [-0.4, -0.2) is 48.7 Å². The van der Waals surface area contributed by atoms with Gasteiger partial charge in [-0.05, 0) is 44.8 Å². The standard InChI is InChI=1S/C15H30N2O2/c1-2-3-4-5-6-9-17-10-7-8-14(13-17)11-16-12-15(18)19/h14,16H,2-13H2,1H3,(H,18,19). The molecule has 1 atom stereocenters. The van der Waals surface area contributed by atoms with Crippen molar-refractivity contribution in [2.75, 3.05) is 32.7 Å². The number of nitrogens with one attached hydrogen (secondary N) is 1. The van der Waals surface area contributed by atoms with Crippen molar-refractivity contribution < 1.29 is 9.90 Å². The monoisotopic (exact) mass is 270 g/mol. The zero-order valence-electron chi connectivity index (χ0n) is 12.4. The summed E-state index contributed by atoms with van der Waals surface area (Å²) in [7, 11) is 0. The minimum Gasteiger partial charge on any atom is -0.480 e. The fourth-order valence-corrected chi connectivity index (χ4v) is 2.84. The van der Waals surface area contributed by atoms with Gasteiger partial charge in [-0.15, -0.1) is 0 Å². The smallest absolute Gasteiger partial charge is 0.317 e. The van der Waals surface area contributed by atoms with Crippen LogP contribution in [0.1, 0.15) is 51.9 Å². The Morgan fingerprint density at radius 2 is 2.11 bits per heavy atom. The van der Waals surface area contributed by atoms with E-state index in [0.717, 1.165) is 13.1 Å². The van der Waals surface area contributed by atoms with Crippen LogP contribution in [0.4, 0.5) is 0 Å². The highest BCUT2D eigenvalue weighted by atomic mass is 16.4. The van der Waals surface area contributed by atoms with Crippen molar-refractivity contribution in [2.45, 2.75) is 51.9 Å². The molecule has 4 nitrogen and oxygen atoms in total. The third kappa shape index (κ3) is 8.22. The normalized spacial score (nSPS) is 20.6. The van der Waals surface area contributed by atoms with Crippen molar-refractivity contribution in [3.05, 3.63) is 0 Å². The molecule has 1 unspecified atom stereocenters. The molecule has 1 rings (SSSR count). The minimum atomic E-state index is -0.761. The number of carboxylic acid groups (broad SMARTS) is 1. The Balaban J connectivity index is 2.06. The van der Waals surface area contributed by atoms with Gasteiger partial charge in [-0.3, -0.25) is 4.79 Å². The lowest BCUT2D eigenvalue weighted by Crippen LogP contribution is -2.40. The van der Waals surface area contributed by atoms with E-state index in [1.54, 1.807) is 0 Å². The molecule has 19 heavy (non-hydrogen) atoms. The Kier molecular flexibility index (Phi) is 8.84. The summed E-state index contributed by atoms with van der Waals surface area (Å²) in [5.41, 5.74) is 0. The van der Waals surface area contributed by atoms with Gasteiger partial charge < -0.3 is 15.3 Å². The van der Waals surface area contributed by atoms with Gasteiger partial charge in [0.2, 0.25) is 0 Å². The lowest BCUT2D eigenvalue weighted by Gasteiger charge is -2.32. The Hall–Kier alpha value is -0.610. The highest BCUT2D eigenvalue weighted by Gasteiger charge is 2.19. The molecule has 0 radical (unpaired) electrons. The third-order valence-corrected chi connectivity index (χ3v) is 3.89. The second-order valence-electron chi connectivity index (χ2n) is 5.75. The van der Waals surface area contributed by atoms with Crippen LogP contribution in [0.5, 0.6) is 0 Å². The summed E-state index contributed by atoms with van der Waals surface area (Å²) in [6.45, 7) is 6.77. The Morgan fingerprint density at radius 1 is 1.32 bits per heavy atom. The quantitative estimate of drug-likeness (QED) is 0.598. The van der Waals surface area contributed by atoms with Crippen molar-refractivity contribution in [3.8, 4) is 0 Å². The van der Waals surface area contributed by atoms with E-state index in [2.05, 4.69) is 17.1 Å². The van der Waals surface area contributed by atoms with E-state index < -0.39 is 5.97 Å². The van der Waals surface area contributed by atoms with E-state index in [0.29, 0.717) is 5.92 Å². The van der Waals surface area contributed by atoms with Crippen LogP contribution in [0, 0.1) is 5.92 Å². The summed E-state index contributed by atoms with van der Waals surface area (Å²) in [5.74, 6) is -0.132. The maximum atomic E-state index is 10.5. The molecule has 0 bridgehead atoms. The van der Waals surface area contributed by atoms with Gasteiger partial charge in [-0.25, -0.2) is 0 Å². The van der Waals surface area contributed by atoms with Crippen LogP contribution in [0.2, 0.25) is 0 Å². The lowest BCUT2D eigenvalue weighted by atomic mass is 9.97. The Bertz CT molecular complexity index is 246. The van der Waals surface area contributed by atoms with E-state index in [1.807, 2.05) is 0 Å². The number of aliphatic carboxylic acids is 1. The van der Waals surface area contributed by atoms with Crippen LogP contribution in [-0.2, 0) is 4.79 Å². The first-order valence-corrected chi connectivity index (χ1v) is 7.87. The summed E-state index contributed by atoms with van der Waals surface area (Å²) >= 11 is 0. The summed E-state index contributed by atoms with van der Waals surface area (Å²) in [4.78, 5) is 13.0. The SMILES string of the molecule is CCCCCCCN1CCCC(CNCC(=O)O)C1. The highest BCUT2D eigenvalue weighted by Crippen LogP contribution is 2.16. The van der Waals surface area contributed by atoms with E-state index >= 15 is 0 Å². The minimum absolute atomic E-state index is 0.0908. The molecule has 1 aliphatic rings. The summed E-state index contributed by atoms with van der Waals surface area (Å²) in [6.07, 6.45) is 9.20. The molecule has 0 spiro atoms. The van der Waals surface area contributed by atoms with Crippen molar-refractivity contribution >= 4 is 5.97 Å². The van der Waals surface area contributed by atoms with Gasteiger partial charge >= 0.3 is 5.97 Å². The first-order chi connectivity index (χ1) is 9.22. The first kappa shape index (κ1) is 16.4. The van der Waals surface area contributed by atoms with Gasteiger partial charge in [-0.2, -0.15) is 0 Å². The summed E-state index contributed by atoms with van der Waals surface area (Å²) in [5, 5.41) is 11.6. The number of likely N-dealkylation sites (tertiary alicyclic amines) is 1. The summed E-state index contributed by atoms with van der Waals surface area (Å²) in [6, 6.07) is 0. The van der Waals surface area contributed by atoms with Gasteiger partial charge in [0.15, 0.2) is 0 Å². The summed E-state index contributed by atoms with van der Waals surface area (Å²) < 4.78 is 0. The number of unbranched alkanes of at least 4 members (excludes halogenated alkanes) is 4. The van der Waals surface area contributed by atoms with Gasteiger partial charge in [0, 0.05) is 6.54 Å². The molecule has 0 aromatic rings. The maximum Gasteiger partial charge on any atom is 0.317 e. The molecule has 1 aliphatic heterocycles. The van der Waals surface area contributed by atoms with Gasteiger partial charge in [-0.1, -0.05) is 32.6 Å². The maximum absolute atomic E-state index is 10.5. The molecule has 112 valence electrons. The van der Waals surface area contributed by atoms with Gasteiger partial charge in [0.05, 0.1) is 6.54 Å². The second-order valence-corrected chi connectivity index (χ2v) is 5.75. The van der Waals surface area contributed by atoms with E-state index in [4.69, 9.17) is 5.11 Å². The van der Waals surface area contributed by atoms with Crippen LogP contribution < -0.4 is 5.32 Å². The van der Waals surface area contributed by atoms with Crippen LogP contribution >= 0.6 is 0 Å². The fraction of sp³-hybridized carbons (Fsp3) is 0.933. The molecule has 0 amide bonds. The molecule has 1 saturated heterocycles. The number of piperidine rings is 1. The van der Waals surface area contributed by atoms with Crippen LogP contribution in [0.25, 0.3) is 0 Å². The first-order valence-electron chi connectivity index (χ1n) is 7.87. The largest absolute Gasteiger partial charge is 0.480 e. The molecule has 2 N–H and O–H groups in total. The third-order valence-electron chi connectivity index (χ3n) is 3.89. The molecule has 0 saturated carbocycles. The van der Waals surface area contributed by atoms with Crippen molar-refractivity contribution in [3.63, 3.8) is 0 Å². The second kappa shape index (κ2) is 10.2. The number of nitrogens with zero attached hydrogens (tertiary/aromatic N) is 1. The van der Waals surface area contributed by atoms with Crippen molar-refractivity contribution in [1.29, 1.82) is 0 Å². The highest BCUT2D eigenvalue weighted by molar-refractivity contribution is 5.68. The fourth-order valence-electron chi connectivity index (χ4n) is 2.84. The average Bonchev–Trinajstić information content (AvgIpc) is 2.39. The van der Waals surface area contributed by atoms with Crippen molar-refractivity contribution in [1.82, 2.24) is 10.2 Å². The number of rotatable bonds is 10. The Labute approximate surface area is 117 Å². The molecule has 0 aliphatic carbocycles. The predicted octanol–water partition coefficient (Wildman–Crippen LogP) is 2.34. The number of carbonyl (C=O) groups is 1. The molecule has 0 aromatic heterocycles. The number of hydrogen-bond donors (Lipinski definition) is 2. The van der Waals surface area contributed by atoms with E-state index in [1.165, 1.54) is 58.0 Å². The molecule has 1 fully saturated rings. The molecule has 0 aromatic carbocycles. The molecular weight excluding hydrogens is 240 g/mol. The zero-order chi connectivity index (χ0) is 13.9. The predicted molar refractivity (Wildman–Crippen MR) is 78.4 cm³/mol.